The summed E-state index contributed by atoms with van der Waals surface area (Å²) in [5.41, 5.74) is 0. The van der Waals surface area contributed by atoms with Crippen LogP contribution in [0.3, 0.4) is 0 Å². The van der Waals surface area contributed by atoms with E-state index >= 15 is 0 Å². The summed E-state index contributed by atoms with van der Waals surface area (Å²) < 4.78 is 5.58. The molecule has 0 radical (unpaired) electrons. The van der Waals surface area contributed by atoms with Gasteiger partial charge < -0.3 is 4.74 Å². The number of hydrogen-bond acceptors (Lipinski definition) is 2. The van der Waals surface area contributed by atoms with E-state index in [4.69, 9.17) is 4.74 Å². The van der Waals surface area contributed by atoms with Crippen LogP contribution in [0.5, 0.6) is 0 Å². The molecule has 1 aliphatic rings. The molecule has 13 heavy (non-hydrogen) atoms. The second kappa shape index (κ2) is 3.81. The lowest BCUT2D eigenvalue weighted by Crippen LogP contribution is -2.08. The average Bonchev–Trinajstić information content (AvgIpc) is 2.77. The Morgan fingerprint density at radius 1 is 1.62 bits per heavy atom. The summed E-state index contributed by atoms with van der Waals surface area (Å²) in [5, 5.41) is 2.15. The second-order valence-electron chi connectivity index (χ2n) is 3.81. The molecule has 0 amide bonds. The minimum absolute atomic E-state index is 0.534. The molecule has 0 spiro atoms. The van der Waals surface area contributed by atoms with Gasteiger partial charge in [-0.3, -0.25) is 0 Å². The molecule has 0 bridgehead atoms. The summed E-state index contributed by atoms with van der Waals surface area (Å²) in [5.74, 6) is 0.684. The lowest BCUT2D eigenvalue weighted by molar-refractivity contribution is 0.323. The molecule has 1 aromatic rings. The van der Waals surface area contributed by atoms with E-state index < -0.39 is 0 Å². The van der Waals surface area contributed by atoms with E-state index in [1.54, 1.807) is 0 Å². The summed E-state index contributed by atoms with van der Waals surface area (Å²) >= 11 is 1.85. The monoisotopic (exact) mass is 196 g/mol. The molecule has 1 aromatic heterocycles. The topological polar surface area (TPSA) is 12.5 Å². The van der Waals surface area contributed by atoms with E-state index in [0.717, 1.165) is 0 Å². The summed E-state index contributed by atoms with van der Waals surface area (Å²) in [6, 6.07) is 4.34. The van der Waals surface area contributed by atoms with E-state index in [1.165, 1.54) is 17.7 Å². The Kier molecular flexibility index (Phi) is 2.70. The van der Waals surface area contributed by atoms with Crippen molar-refractivity contribution in [2.75, 3.05) is 0 Å². The van der Waals surface area contributed by atoms with Crippen molar-refractivity contribution in [1.29, 1.82) is 0 Å². The lowest BCUT2D eigenvalue weighted by atomic mass is 10.00. The fourth-order valence-electron chi connectivity index (χ4n) is 1.85. The number of rotatable bonds is 4. The Morgan fingerprint density at radius 2 is 2.46 bits per heavy atom. The quantitative estimate of drug-likeness (QED) is 0.674. The molecule has 0 N–H and O–H groups in total. The van der Waals surface area contributed by atoms with Crippen molar-refractivity contribution in [1.82, 2.24) is 0 Å². The number of thiophene rings is 1. The molecule has 3 atom stereocenters. The fraction of sp³-hybridized carbons (Fsp3) is 0.636. The highest BCUT2D eigenvalue weighted by Gasteiger charge is 2.40. The summed E-state index contributed by atoms with van der Waals surface area (Å²) in [6.07, 6.45) is 3.43. The van der Waals surface area contributed by atoms with Crippen molar-refractivity contribution in [3.05, 3.63) is 22.4 Å². The Bertz CT molecular complexity index is 255. The van der Waals surface area contributed by atoms with Crippen LogP contribution in [0.25, 0.3) is 0 Å². The largest absolute Gasteiger partial charge is 0.369 e. The first-order chi connectivity index (χ1) is 6.31. The van der Waals surface area contributed by atoms with Gasteiger partial charge >= 0.3 is 0 Å². The molecular weight excluding hydrogens is 180 g/mol. The first-order valence-electron chi connectivity index (χ1n) is 4.99. The van der Waals surface area contributed by atoms with Crippen molar-refractivity contribution in [3.63, 3.8) is 0 Å². The van der Waals surface area contributed by atoms with Gasteiger partial charge in [0.25, 0.3) is 0 Å². The van der Waals surface area contributed by atoms with Crippen LogP contribution in [0.15, 0.2) is 17.5 Å². The first kappa shape index (κ1) is 9.22. The third kappa shape index (κ3) is 2.12. The number of epoxide rings is 1. The average molecular weight is 196 g/mol. The third-order valence-corrected chi connectivity index (χ3v) is 3.59. The predicted molar refractivity (Wildman–Crippen MR) is 56.1 cm³/mol. The minimum Gasteiger partial charge on any atom is -0.369 e. The highest BCUT2D eigenvalue weighted by atomic mass is 32.1. The maximum absolute atomic E-state index is 5.58. The molecule has 3 unspecified atom stereocenters. The standard InChI is InChI=1S/C11H16OS/c1-3-10-11(12-10)8(2)7-9-5-4-6-13-9/h4-6,8,10-11H,3,7H2,1-2H3. The van der Waals surface area contributed by atoms with Gasteiger partial charge in [-0.05, 0) is 30.2 Å². The Hall–Kier alpha value is -0.340. The van der Waals surface area contributed by atoms with Gasteiger partial charge in [-0.1, -0.05) is 19.9 Å². The van der Waals surface area contributed by atoms with Crippen LogP contribution in [0.2, 0.25) is 0 Å². The van der Waals surface area contributed by atoms with Gasteiger partial charge in [-0.25, -0.2) is 0 Å². The molecule has 2 heteroatoms. The summed E-state index contributed by atoms with van der Waals surface area (Å²) in [7, 11) is 0. The van der Waals surface area contributed by atoms with Crippen molar-refractivity contribution >= 4 is 11.3 Å². The summed E-state index contributed by atoms with van der Waals surface area (Å²) in [6.45, 7) is 4.49. The molecule has 72 valence electrons. The maximum atomic E-state index is 5.58. The fourth-order valence-corrected chi connectivity index (χ4v) is 2.70. The number of hydrogen-bond donors (Lipinski definition) is 0. The molecule has 2 heterocycles. The lowest BCUT2D eigenvalue weighted by Gasteiger charge is -2.05. The Balaban J connectivity index is 1.83. The van der Waals surface area contributed by atoms with E-state index in [2.05, 4.69) is 31.4 Å². The van der Waals surface area contributed by atoms with Gasteiger partial charge in [0.15, 0.2) is 0 Å². The van der Waals surface area contributed by atoms with Crippen LogP contribution in [-0.2, 0) is 11.2 Å². The molecule has 1 saturated heterocycles. The molecule has 1 nitrogen and oxygen atoms in total. The SMILES string of the molecule is CCC1OC1C(C)Cc1cccs1. The van der Waals surface area contributed by atoms with Crippen molar-refractivity contribution in [3.8, 4) is 0 Å². The van der Waals surface area contributed by atoms with Crippen LogP contribution in [0.4, 0.5) is 0 Å². The molecule has 0 saturated carbocycles. The van der Waals surface area contributed by atoms with Crippen LogP contribution in [-0.4, -0.2) is 12.2 Å². The van der Waals surface area contributed by atoms with Crippen molar-refractivity contribution in [2.24, 2.45) is 5.92 Å². The van der Waals surface area contributed by atoms with Gasteiger partial charge in [-0.2, -0.15) is 0 Å². The van der Waals surface area contributed by atoms with E-state index in [0.29, 0.717) is 18.1 Å². The van der Waals surface area contributed by atoms with Crippen molar-refractivity contribution < 1.29 is 4.74 Å². The van der Waals surface area contributed by atoms with Crippen LogP contribution < -0.4 is 0 Å². The van der Waals surface area contributed by atoms with Gasteiger partial charge in [0, 0.05) is 4.88 Å². The van der Waals surface area contributed by atoms with Gasteiger partial charge in [-0.15, -0.1) is 11.3 Å². The molecular formula is C11H16OS. The normalized spacial score (nSPS) is 28.8. The first-order valence-corrected chi connectivity index (χ1v) is 5.87. The minimum atomic E-state index is 0.534. The second-order valence-corrected chi connectivity index (χ2v) is 4.84. The molecule has 0 aliphatic carbocycles. The zero-order chi connectivity index (χ0) is 9.26. The van der Waals surface area contributed by atoms with Crippen LogP contribution in [0, 0.1) is 5.92 Å². The van der Waals surface area contributed by atoms with Crippen molar-refractivity contribution in [2.45, 2.75) is 38.9 Å². The maximum Gasteiger partial charge on any atom is 0.0870 e. The van der Waals surface area contributed by atoms with Gasteiger partial charge in [0.1, 0.15) is 0 Å². The van der Waals surface area contributed by atoms with Crippen LogP contribution >= 0.6 is 11.3 Å². The van der Waals surface area contributed by atoms with E-state index in [1.807, 2.05) is 11.3 Å². The van der Waals surface area contributed by atoms with E-state index in [-0.39, 0.29) is 0 Å². The Labute approximate surface area is 83.7 Å². The number of ether oxygens (including phenoxy) is 1. The highest BCUT2D eigenvalue weighted by Crippen LogP contribution is 2.33. The molecule has 2 rings (SSSR count). The van der Waals surface area contributed by atoms with Gasteiger partial charge in [0.05, 0.1) is 12.2 Å². The van der Waals surface area contributed by atoms with Crippen LogP contribution in [0.1, 0.15) is 25.1 Å². The van der Waals surface area contributed by atoms with E-state index in [9.17, 15) is 0 Å². The summed E-state index contributed by atoms with van der Waals surface area (Å²) in [4.78, 5) is 1.48. The predicted octanol–water partition coefficient (Wildman–Crippen LogP) is 3.10. The molecule has 1 fully saturated rings. The zero-order valence-corrected chi connectivity index (χ0v) is 9.01. The highest BCUT2D eigenvalue weighted by molar-refractivity contribution is 7.09. The zero-order valence-electron chi connectivity index (χ0n) is 8.19. The smallest absolute Gasteiger partial charge is 0.0870 e. The van der Waals surface area contributed by atoms with Gasteiger partial charge in [0.2, 0.25) is 0 Å². The third-order valence-electron chi connectivity index (χ3n) is 2.69. The Morgan fingerprint density at radius 3 is 3.00 bits per heavy atom. The molecule has 0 aromatic carbocycles. The molecule has 1 aliphatic heterocycles.